The molecule has 1 fully saturated rings. The highest BCUT2D eigenvalue weighted by Gasteiger charge is 2.28. The van der Waals surface area contributed by atoms with Crippen LogP contribution in [0.25, 0.3) is 0 Å². The van der Waals surface area contributed by atoms with Gasteiger partial charge >= 0.3 is 0 Å². The molecule has 1 aromatic rings. The Hall–Kier alpha value is -1.06. The van der Waals surface area contributed by atoms with Gasteiger partial charge in [0.2, 0.25) is 0 Å². The van der Waals surface area contributed by atoms with Crippen molar-refractivity contribution in [3.05, 3.63) is 28.8 Å². The molecule has 1 aliphatic carbocycles. The van der Waals surface area contributed by atoms with E-state index < -0.39 is 0 Å². The highest BCUT2D eigenvalue weighted by molar-refractivity contribution is 5.43. The average Bonchev–Trinajstić information content (AvgIpc) is 2.78. The summed E-state index contributed by atoms with van der Waals surface area (Å²) in [7, 11) is 3.92. The van der Waals surface area contributed by atoms with E-state index in [1.165, 1.54) is 29.5 Å². The fourth-order valence-corrected chi connectivity index (χ4v) is 3.23. The van der Waals surface area contributed by atoms with Gasteiger partial charge in [-0.05, 0) is 50.9 Å². The van der Waals surface area contributed by atoms with Gasteiger partial charge in [0.15, 0.2) is 0 Å². The van der Waals surface area contributed by atoms with Gasteiger partial charge in [-0.2, -0.15) is 0 Å². The van der Waals surface area contributed by atoms with E-state index in [9.17, 15) is 0 Å². The first-order chi connectivity index (χ1) is 9.02. The van der Waals surface area contributed by atoms with E-state index in [2.05, 4.69) is 37.9 Å². The van der Waals surface area contributed by atoms with Crippen molar-refractivity contribution in [2.75, 3.05) is 14.2 Å². The Labute approximate surface area is 116 Å². The molecule has 106 valence electrons. The second-order valence-electron chi connectivity index (χ2n) is 5.84. The molecule has 0 saturated heterocycles. The third-order valence-electron chi connectivity index (χ3n) is 4.30. The minimum absolute atomic E-state index is 0.321. The lowest BCUT2D eigenvalue weighted by Crippen LogP contribution is -2.41. The zero-order valence-corrected chi connectivity index (χ0v) is 12.6. The van der Waals surface area contributed by atoms with Gasteiger partial charge in [0.25, 0.3) is 0 Å². The van der Waals surface area contributed by atoms with Gasteiger partial charge in [-0.1, -0.05) is 12.5 Å². The Balaban J connectivity index is 2.18. The molecule has 0 amide bonds. The van der Waals surface area contributed by atoms with Gasteiger partial charge in [-0.15, -0.1) is 0 Å². The number of hydrogen-bond acceptors (Lipinski definition) is 3. The summed E-state index contributed by atoms with van der Waals surface area (Å²) in [4.78, 5) is 2.39. The van der Waals surface area contributed by atoms with Crippen molar-refractivity contribution in [1.82, 2.24) is 4.90 Å². The Morgan fingerprint density at radius 1 is 1.32 bits per heavy atom. The molecule has 3 nitrogen and oxygen atoms in total. The fourth-order valence-electron chi connectivity index (χ4n) is 3.23. The molecule has 2 N–H and O–H groups in total. The van der Waals surface area contributed by atoms with Crippen LogP contribution in [0.3, 0.4) is 0 Å². The van der Waals surface area contributed by atoms with E-state index in [0.717, 1.165) is 18.7 Å². The number of likely N-dealkylation sites (N-methyl/N-ethyl adjacent to an activating group) is 1. The molecule has 0 spiro atoms. The molecule has 0 heterocycles. The molecule has 1 aliphatic rings. The SMILES string of the molecule is COc1cc(C)cc(C)c1CN(C)C1CCCC1N. The monoisotopic (exact) mass is 262 g/mol. The summed E-state index contributed by atoms with van der Waals surface area (Å²) in [6, 6.07) is 5.16. The standard InChI is InChI=1S/C16H26N2O/c1-11-8-12(2)13(16(9-11)19-4)10-18(3)15-7-5-6-14(15)17/h8-9,14-15H,5-7,10,17H2,1-4H3. The van der Waals surface area contributed by atoms with Crippen LogP contribution in [0.5, 0.6) is 5.75 Å². The van der Waals surface area contributed by atoms with Crippen LogP contribution in [0.1, 0.15) is 36.0 Å². The number of nitrogens with zero attached hydrogens (tertiary/aromatic N) is 1. The molecule has 3 heteroatoms. The van der Waals surface area contributed by atoms with Crippen LogP contribution in [-0.2, 0) is 6.54 Å². The number of nitrogens with two attached hydrogens (primary N) is 1. The van der Waals surface area contributed by atoms with Crippen LogP contribution in [0.4, 0.5) is 0 Å². The Morgan fingerprint density at radius 3 is 2.63 bits per heavy atom. The van der Waals surface area contributed by atoms with Gasteiger partial charge in [-0.3, -0.25) is 4.90 Å². The van der Waals surface area contributed by atoms with Crippen LogP contribution in [0.2, 0.25) is 0 Å². The second kappa shape index (κ2) is 5.93. The molecule has 19 heavy (non-hydrogen) atoms. The predicted octanol–water partition coefficient (Wildman–Crippen LogP) is 2.62. The predicted molar refractivity (Wildman–Crippen MR) is 79.5 cm³/mol. The Bertz CT molecular complexity index is 445. The van der Waals surface area contributed by atoms with E-state index in [1.807, 2.05) is 0 Å². The zero-order chi connectivity index (χ0) is 14.0. The first kappa shape index (κ1) is 14.4. The van der Waals surface area contributed by atoms with E-state index in [0.29, 0.717) is 12.1 Å². The highest BCUT2D eigenvalue weighted by atomic mass is 16.5. The maximum Gasteiger partial charge on any atom is 0.123 e. The van der Waals surface area contributed by atoms with Gasteiger partial charge in [0.05, 0.1) is 7.11 Å². The lowest BCUT2D eigenvalue weighted by atomic mass is 10.0. The molecule has 1 aromatic carbocycles. The van der Waals surface area contributed by atoms with Gasteiger partial charge < -0.3 is 10.5 Å². The van der Waals surface area contributed by atoms with Crippen LogP contribution in [-0.4, -0.2) is 31.1 Å². The first-order valence-electron chi connectivity index (χ1n) is 7.13. The molecule has 1 saturated carbocycles. The zero-order valence-electron chi connectivity index (χ0n) is 12.6. The number of ether oxygens (including phenoxy) is 1. The maximum atomic E-state index is 6.19. The summed E-state index contributed by atoms with van der Waals surface area (Å²) >= 11 is 0. The molecule has 0 radical (unpaired) electrons. The maximum absolute atomic E-state index is 6.19. The number of rotatable bonds is 4. The van der Waals surface area contributed by atoms with Crippen LogP contribution < -0.4 is 10.5 Å². The third kappa shape index (κ3) is 3.10. The summed E-state index contributed by atoms with van der Waals surface area (Å²) in [5.74, 6) is 0.996. The van der Waals surface area contributed by atoms with Crippen molar-refractivity contribution in [2.45, 2.75) is 51.7 Å². The fraction of sp³-hybridized carbons (Fsp3) is 0.625. The molecular weight excluding hydrogens is 236 g/mol. The Morgan fingerprint density at radius 2 is 2.05 bits per heavy atom. The van der Waals surface area contributed by atoms with Gasteiger partial charge in [-0.25, -0.2) is 0 Å². The molecule has 2 rings (SSSR count). The van der Waals surface area contributed by atoms with Crippen LogP contribution in [0.15, 0.2) is 12.1 Å². The van der Waals surface area contributed by atoms with E-state index >= 15 is 0 Å². The van der Waals surface area contributed by atoms with Crippen molar-refractivity contribution in [3.63, 3.8) is 0 Å². The van der Waals surface area contributed by atoms with Crippen molar-refractivity contribution in [2.24, 2.45) is 5.73 Å². The molecular formula is C16H26N2O. The minimum Gasteiger partial charge on any atom is -0.496 e. The Kier molecular flexibility index (Phi) is 4.48. The molecule has 2 atom stereocenters. The average molecular weight is 262 g/mol. The summed E-state index contributed by atoms with van der Waals surface area (Å²) in [6.45, 7) is 5.18. The highest BCUT2D eigenvalue weighted by Crippen LogP contribution is 2.28. The summed E-state index contributed by atoms with van der Waals surface area (Å²) < 4.78 is 5.54. The minimum atomic E-state index is 0.321. The number of benzene rings is 1. The van der Waals surface area contributed by atoms with Gasteiger partial charge in [0.1, 0.15) is 5.75 Å². The first-order valence-corrected chi connectivity index (χ1v) is 7.13. The summed E-state index contributed by atoms with van der Waals surface area (Å²) in [5, 5.41) is 0. The summed E-state index contributed by atoms with van der Waals surface area (Å²) in [6.07, 6.45) is 3.62. The number of methoxy groups -OCH3 is 1. The molecule has 0 aliphatic heterocycles. The van der Waals surface area contributed by atoms with E-state index in [-0.39, 0.29) is 0 Å². The lowest BCUT2D eigenvalue weighted by molar-refractivity contribution is 0.217. The van der Waals surface area contributed by atoms with Crippen molar-refractivity contribution >= 4 is 0 Å². The van der Waals surface area contributed by atoms with Crippen molar-refractivity contribution < 1.29 is 4.74 Å². The molecule has 0 bridgehead atoms. The third-order valence-corrected chi connectivity index (χ3v) is 4.30. The molecule has 0 aromatic heterocycles. The second-order valence-corrected chi connectivity index (χ2v) is 5.84. The van der Waals surface area contributed by atoms with Crippen LogP contribution >= 0.6 is 0 Å². The molecule has 2 unspecified atom stereocenters. The normalized spacial score (nSPS) is 23.1. The number of aryl methyl sites for hydroxylation is 2. The van der Waals surface area contributed by atoms with Crippen molar-refractivity contribution in [1.29, 1.82) is 0 Å². The topological polar surface area (TPSA) is 38.5 Å². The summed E-state index contributed by atoms with van der Waals surface area (Å²) in [5.41, 5.74) is 10.0. The van der Waals surface area contributed by atoms with Crippen LogP contribution in [0, 0.1) is 13.8 Å². The smallest absolute Gasteiger partial charge is 0.123 e. The largest absolute Gasteiger partial charge is 0.496 e. The van der Waals surface area contributed by atoms with E-state index in [4.69, 9.17) is 10.5 Å². The number of hydrogen-bond donors (Lipinski definition) is 1. The van der Waals surface area contributed by atoms with Crippen molar-refractivity contribution in [3.8, 4) is 5.75 Å². The lowest BCUT2D eigenvalue weighted by Gasteiger charge is -2.29. The van der Waals surface area contributed by atoms with Gasteiger partial charge in [0, 0.05) is 24.2 Å². The quantitative estimate of drug-likeness (QED) is 0.906. The van der Waals surface area contributed by atoms with E-state index in [1.54, 1.807) is 7.11 Å².